The first-order chi connectivity index (χ1) is 29.6. The van der Waals surface area contributed by atoms with Gasteiger partial charge in [0.15, 0.2) is 0 Å². The Labute approximate surface area is 374 Å². The van der Waals surface area contributed by atoms with Crippen LogP contribution < -0.4 is 4.74 Å². The molecule has 0 spiro atoms. The van der Waals surface area contributed by atoms with Gasteiger partial charge in [-0.1, -0.05) is 34.6 Å². The van der Waals surface area contributed by atoms with E-state index in [1.54, 1.807) is 21.6 Å². The Morgan fingerprint density at radius 2 is 1.46 bits per heavy atom. The normalized spacial score (nSPS) is 24.4. The molecule has 0 amide bonds. The second-order valence-corrected chi connectivity index (χ2v) is 22.2. The van der Waals surface area contributed by atoms with Crippen LogP contribution in [-0.2, 0) is 48.1 Å². The standard InChI is InChI=1S/C40H64F6O13P2S2/c1-37-16-15-33-32-12-10-31(26-30(32)9-11-34(33)35(37)13-14-36(37)56-20-7-21-57-38(2,39(41,42)43)40(44,45)46)55-19-5-4-17-53-22-24-62-63-25-23-54-18-6-8-29(27-58-60(47,48)49)28-59-61(50,51)52-3/h10,12,26,29,33-36H,4-9,11,13-25,27-28H2,1-3H3,(H,50,51)(H2,47,48,49). The topological polar surface area (TPSA) is 169 Å². The fourth-order valence-electron chi connectivity index (χ4n) is 8.91. The molecule has 3 aliphatic rings. The molecule has 0 aromatic heterocycles. The van der Waals surface area contributed by atoms with Crippen LogP contribution in [0.15, 0.2) is 18.2 Å². The average molecular weight is 993 g/mol. The Kier molecular flexibility index (Phi) is 21.9. The Morgan fingerprint density at radius 1 is 0.810 bits per heavy atom. The van der Waals surface area contributed by atoms with Gasteiger partial charge in [0.2, 0.25) is 0 Å². The zero-order chi connectivity index (χ0) is 46.4. The number of benzene rings is 1. The average Bonchev–Trinajstić information content (AvgIpc) is 3.55. The maximum atomic E-state index is 13.2. The highest BCUT2D eigenvalue weighted by molar-refractivity contribution is 8.76. The van der Waals surface area contributed by atoms with Crippen molar-refractivity contribution in [1.82, 2.24) is 0 Å². The van der Waals surface area contributed by atoms with Crippen LogP contribution in [0.5, 0.6) is 5.75 Å². The first-order valence-electron chi connectivity index (χ1n) is 21.4. The van der Waals surface area contributed by atoms with E-state index in [9.17, 15) is 40.4 Å². The molecule has 4 rings (SSSR count). The van der Waals surface area contributed by atoms with E-state index in [-0.39, 0.29) is 44.7 Å². The van der Waals surface area contributed by atoms with E-state index in [4.69, 9.17) is 33.3 Å². The molecule has 2 fully saturated rings. The van der Waals surface area contributed by atoms with Crippen molar-refractivity contribution in [3.8, 4) is 5.75 Å². The van der Waals surface area contributed by atoms with Crippen molar-refractivity contribution in [2.75, 3.05) is 78.1 Å². The lowest BCUT2D eigenvalue weighted by atomic mass is 9.55. The molecular weight excluding hydrogens is 928 g/mol. The van der Waals surface area contributed by atoms with Crippen molar-refractivity contribution in [1.29, 1.82) is 0 Å². The molecule has 3 N–H and O–H groups in total. The number of phosphoric acid groups is 2. The second-order valence-electron chi connectivity index (χ2n) is 16.7. The number of unbranched alkanes of at least 4 members (excludes halogenated alkanes) is 1. The fraction of sp³-hybridized carbons (Fsp3) is 0.850. The van der Waals surface area contributed by atoms with Crippen LogP contribution in [0.4, 0.5) is 26.3 Å². The van der Waals surface area contributed by atoms with Gasteiger partial charge < -0.3 is 38.4 Å². The van der Waals surface area contributed by atoms with Crippen molar-refractivity contribution in [3.63, 3.8) is 0 Å². The molecule has 0 aliphatic heterocycles. The molecule has 2 saturated carbocycles. The number of ether oxygens (including phenoxy) is 5. The minimum atomic E-state index is -5.58. The van der Waals surface area contributed by atoms with Crippen molar-refractivity contribution >= 4 is 37.2 Å². The van der Waals surface area contributed by atoms with Gasteiger partial charge in [0.25, 0.3) is 5.60 Å². The lowest BCUT2D eigenvalue weighted by Crippen LogP contribution is -2.56. The summed E-state index contributed by atoms with van der Waals surface area (Å²) in [5.41, 5.74) is -1.61. The largest absolute Gasteiger partial charge is 0.494 e. The van der Waals surface area contributed by atoms with Gasteiger partial charge in [-0.25, -0.2) is 9.13 Å². The third-order valence-corrected chi connectivity index (χ3v) is 16.2. The smallest absolute Gasteiger partial charge is 0.471 e. The number of alkyl halides is 6. The first-order valence-corrected chi connectivity index (χ1v) is 26.9. The monoisotopic (exact) mass is 992 g/mol. The highest BCUT2D eigenvalue weighted by Crippen LogP contribution is 2.61. The summed E-state index contributed by atoms with van der Waals surface area (Å²) in [4.78, 5) is 27.3. The van der Waals surface area contributed by atoms with Gasteiger partial charge in [-0.2, -0.15) is 26.3 Å². The molecule has 3 aliphatic carbocycles. The molecule has 13 nitrogen and oxygen atoms in total. The summed E-state index contributed by atoms with van der Waals surface area (Å²) >= 11 is 0. The molecule has 0 saturated heterocycles. The molecule has 1 aromatic rings. The summed E-state index contributed by atoms with van der Waals surface area (Å²) in [6, 6.07) is 6.44. The van der Waals surface area contributed by atoms with Crippen molar-refractivity contribution in [2.45, 2.75) is 114 Å². The summed E-state index contributed by atoms with van der Waals surface area (Å²) in [7, 11) is -4.55. The van der Waals surface area contributed by atoms with E-state index in [1.165, 1.54) is 11.1 Å². The number of rotatable bonds is 30. The molecular formula is C40H64F6O13P2S2. The molecule has 63 heavy (non-hydrogen) atoms. The van der Waals surface area contributed by atoms with Gasteiger partial charge in [-0.15, -0.1) is 0 Å². The molecule has 1 aromatic carbocycles. The predicted octanol–water partition coefficient (Wildman–Crippen LogP) is 10.1. The summed E-state index contributed by atoms with van der Waals surface area (Å²) < 4.78 is 143. The first kappa shape index (κ1) is 55.0. The van der Waals surface area contributed by atoms with Crippen molar-refractivity contribution in [2.24, 2.45) is 23.2 Å². The highest BCUT2D eigenvalue weighted by atomic mass is 33.1. The molecule has 0 heterocycles. The highest BCUT2D eigenvalue weighted by Gasteiger charge is 2.69. The summed E-state index contributed by atoms with van der Waals surface area (Å²) in [6.07, 6.45) is -2.91. The quantitative estimate of drug-likeness (QED) is 0.0288. The minimum absolute atomic E-state index is 0.0244. The van der Waals surface area contributed by atoms with Crippen LogP contribution in [0.2, 0.25) is 0 Å². The van der Waals surface area contributed by atoms with Crippen LogP contribution in [0.3, 0.4) is 0 Å². The number of aryl methyl sites for hydroxylation is 1. The predicted molar refractivity (Wildman–Crippen MR) is 227 cm³/mol. The lowest BCUT2D eigenvalue weighted by molar-refractivity contribution is -0.374. The number of fused-ring (bicyclic) bond motifs is 5. The van der Waals surface area contributed by atoms with Crippen molar-refractivity contribution < 1.29 is 87.4 Å². The van der Waals surface area contributed by atoms with Crippen LogP contribution in [0, 0.1) is 23.2 Å². The Hall–Kier alpha value is -0.640. The zero-order valence-electron chi connectivity index (χ0n) is 36.1. The van der Waals surface area contributed by atoms with Gasteiger partial charge in [0.05, 0.1) is 45.7 Å². The van der Waals surface area contributed by atoms with Gasteiger partial charge >= 0.3 is 28.0 Å². The fourth-order valence-corrected chi connectivity index (χ4v) is 11.5. The summed E-state index contributed by atoms with van der Waals surface area (Å²) in [5.74, 6) is 3.26. The van der Waals surface area contributed by atoms with E-state index >= 15 is 0 Å². The number of halogens is 6. The van der Waals surface area contributed by atoms with Crippen molar-refractivity contribution in [3.05, 3.63) is 29.3 Å². The third-order valence-electron chi connectivity index (χ3n) is 12.4. The van der Waals surface area contributed by atoms with Gasteiger partial charge in [0.1, 0.15) is 5.75 Å². The Morgan fingerprint density at radius 3 is 2.11 bits per heavy atom. The summed E-state index contributed by atoms with van der Waals surface area (Å²) in [5, 5.41) is 0. The molecule has 366 valence electrons. The van der Waals surface area contributed by atoms with E-state index in [2.05, 4.69) is 38.9 Å². The summed E-state index contributed by atoms with van der Waals surface area (Å²) in [6.45, 7) is 3.74. The van der Waals surface area contributed by atoms with Gasteiger partial charge in [-0.3, -0.25) is 13.6 Å². The SMILES string of the molecule is COP(=O)(O)OCC(CCCOCCSSCCOCCCCOc1ccc2c(c1)CCC1C2CCC2(C)C(OCCCOC(C)(C(F)(F)F)C(F)(F)F)CCC12)COP(=O)(O)O. The molecule has 7 unspecified atom stereocenters. The lowest BCUT2D eigenvalue weighted by Gasteiger charge is -2.50. The Balaban J connectivity index is 1.03. The maximum absolute atomic E-state index is 13.2. The van der Waals surface area contributed by atoms with E-state index < -0.39 is 46.1 Å². The molecule has 0 radical (unpaired) electrons. The maximum Gasteiger partial charge on any atom is 0.471 e. The minimum Gasteiger partial charge on any atom is -0.494 e. The molecule has 0 bridgehead atoms. The van der Waals surface area contributed by atoms with E-state index in [0.717, 1.165) is 75.7 Å². The van der Waals surface area contributed by atoms with Crippen LogP contribution in [-0.4, -0.2) is 117 Å². The zero-order valence-corrected chi connectivity index (χ0v) is 39.5. The Bertz CT molecular complexity index is 1610. The number of hydrogen-bond acceptors (Lipinski definition) is 12. The number of phosphoric ester groups is 2. The van der Waals surface area contributed by atoms with Crippen LogP contribution in [0.1, 0.15) is 95.1 Å². The van der Waals surface area contributed by atoms with Crippen LogP contribution >= 0.6 is 37.2 Å². The van der Waals surface area contributed by atoms with Gasteiger partial charge in [0, 0.05) is 44.4 Å². The van der Waals surface area contributed by atoms with Crippen LogP contribution in [0.25, 0.3) is 0 Å². The molecule has 7 atom stereocenters. The second kappa shape index (κ2) is 25.1. The van der Waals surface area contributed by atoms with E-state index in [0.29, 0.717) is 63.6 Å². The number of hydrogen-bond donors (Lipinski definition) is 3. The van der Waals surface area contributed by atoms with Gasteiger partial charge in [-0.05, 0) is 124 Å². The van der Waals surface area contributed by atoms with E-state index in [1.807, 2.05) is 0 Å². The third kappa shape index (κ3) is 16.8. The molecule has 23 heteroatoms.